The summed E-state index contributed by atoms with van der Waals surface area (Å²) in [4.78, 5) is 0.963. The van der Waals surface area contributed by atoms with Gasteiger partial charge in [0.05, 0.1) is 0 Å². The molecule has 1 nitrogen and oxygen atoms in total. The molecular weight excluding hydrogens is 144 g/mol. The van der Waals surface area contributed by atoms with Crippen LogP contribution in [-0.4, -0.2) is 4.55 Å². The van der Waals surface area contributed by atoms with Gasteiger partial charge in [0.1, 0.15) is 0 Å². The van der Waals surface area contributed by atoms with Crippen molar-refractivity contribution in [1.82, 2.24) is 0 Å². The molecule has 0 saturated heterocycles. The maximum atomic E-state index is 8.77. The van der Waals surface area contributed by atoms with Crippen molar-refractivity contribution in [2.75, 3.05) is 0 Å². The van der Waals surface area contributed by atoms with Crippen LogP contribution in [0.2, 0.25) is 0 Å². The molecule has 0 aliphatic carbocycles. The van der Waals surface area contributed by atoms with Crippen LogP contribution in [-0.2, 0) is 6.42 Å². The SMILES string of the molecule is CCc1ccccc1SO. The molecule has 1 aromatic rings. The molecule has 0 aromatic heterocycles. The van der Waals surface area contributed by atoms with Crippen molar-refractivity contribution >= 4 is 12.0 Å². The van der Waals surface area contributed by atoms with E-state index in [9.17, 15) is 0 Å². The third-order valence-corrected chi connectivity index (χ3v) is 2.05. The summed E-state index contributed by atoms with van der Waals surface area (Å²) < 4.78 is 8.77. The maximum Gasteiger partial charge on any atom is 0.0382 e. The average Bonchev–Trinajstić information content (AvgIpc) is 2.04. The summed E-state index contributed by atoms with van der Waals surface area (Å²) in [5.74, 6) is 0. The minimum absolute atomic E-state index is 0.820. The van der Waals surface area contributed by atoms with Gasteiger partial charge in [-0.2, -0.15) is 0 Å². The first kappa shape index (κ1) is 7.63. The van der Waals surface area contributed by atoms with Gasteiger partial charge < -0.3 is 4.55 Å². The molecule has 0 spiro atoms. The second-order valence-electron chi connectivity index (χ2n) is 2.05. The molecule has 2 heteroatoms. The third kappa shape index (κ3) is 1.52. The number of hydrogen-bond donors (Lipinski definition) is 1. The zero-order valence-electron chi connectivity index (χ0n) is 5.87. The molecule has 54 valence electrons. The topological polar surface area (TPSA) is 20.2 Å². The summed E-state index contributed by atoms with van der Waals surface area (Å²) in [6.07, 6.45) is 0.976. The molecule has 0 unspecified atom stereocenters. The van der Waals surface area contributed by atoms with Crippen molar-refractivity contribution in [3.05, 3.63) is 29.8 Å². The normalized spacial score (nSPS) is 9.80. The molecule has 0 aliphatic rings. The van der Waals surface area contributed by atoms with E-state index in [0.29, 0.717) is 0 Å². The van der Waals surface area contributed by atoms with Crippen molar-refractivity contribution in [2.24, 2.45) is 0 Å². The Morgan fingerprint density at radius 3 is 2.60 bits per heavy atom. The second-order valence-corrected chi connectivity index (χ2v) is 2.67. The van der Waals surface area contributed by atoms with Crippen LogP contribution in [0.5, 0.6) is 0 Å². The van der Waals surface area contributed by atoms with Crippen molar-refractivity contribution in [3.8, 4) is 0 Å². The minimum Gasteiger partial charge on any atom is -0.325 e. The Labute approximate surface area is 65.3 Å². The van der Waals surface area contributed by atoms with Crippen LogP contribution in [0.15, 0.2) is 29.2 Å². The van der Waals surface area contributed by atoms with Gasteiger partial charge >= 0.3 is 0 Å². The molecule has 0 heterocycles. The van der Waals surface area contributed by atoms with Crippen LogP contribution in [0, 0.1) is 0 Å². The fourth-order valence-electron chi connectivity index (χ4n) is 0.885. The van der Waals surface area contributed by atoms with Gasteiger partial charge in [0.2, 0.25) is 0 Å². The Hall–Kier alpha value is -0.470. The fourth-order valence-corrected chi connectivity index (χ4v) is 1.35. The molecular formula is C8H10OS. The lowest BCUT2D eigenvalue weighted by Crippen LogP contribution is -1.82. The van der Waals surface area contributed by atoms with Crippen LogP contribution >= 0.6 is 12.0 Å². The van der Waals surface area contributed by atoms with Crippen LogP contribution < -0.4 is 0 Å². The highest BCUT2D eigenvalue weighted by atomic mass is 32.2. The fraction of sp³-hybridized carbons (Fsp3) is 0.250. The third-order valence-electron chi connectivity index (χ3n) is 1.45. The highest BCUT2D eigenvalue weighted by Gasteiger charge is 1.96. The van der Waals surface area contributed by atoms with E-state index in [-0.39, 0.29) is 0 Å². The molecule has 0 saturated carbocycles. The van der Waals surface area contributed by atoms with E-state index in [1.165, 1.54) is 5.56 Å². The summed E-state index contributed by atoms with van der Waals surface area (Å²) in [5.41, 5.74) is 1.20. The Morgan fingerprint density at radius 1 is 1.40 bits per heavy atom. The zero-order valence-corrected chi connectivity index (χ0v) is 6.69. The van der Waals surface area contributed by atoms with Gasteiger partial charge in [-0.3, -0.25) is 0 Å². The predicted octanol–water partition coefficient (Wildman–Crippen LogP) is 2.81. The number of hydrogen-bond acceptors (Lipinski definition) is 2. The molecule has 0 amide bonds. The van der Waals surface area contributed by atoms with E-state index in [0.717, 1.165) is 23.4 Å². The first-order valence-corrected chi connectivity index (χ1v) is 4.05. The van der Waals surface area contributed by atoms with E-state index < -0.39 is 0 Å². The van der Waals surface area contributed by atoms with E-state index in [2.05, 4.69) is 6.92 Å². The van der Waals surface area contributed by atoms with Crippen LogP contribution in [0.3, 0.4) is 0 Å². The van der Waals surface area contributed by atoms with Crippen molar-refractivity contribution < 1.29 is 4.55 Å². The second kappa shape index (κ2) is 3.64. The van der Waals surface area contributed by atoms with Crippen molar-refractivity contribution in [3.63, 3.8) is 0 Å². The largest absolute Gasteiger partial charge is 0.325 e. The highest BCUT2D eigenvalue weighted by Crippen LogP contribution is 2.19. The van der Waals surface area contributed by atoms with Crippen LogP contribution in [0.25, 0.3) is 0 Å². The lowest BCUT2D eigenvalue weighted by Gasteiger charge is -2.00. The van der Waals surface area contributed by atoms with Gasteiger partial charge in [-0.1, -0.05) is 25.1 Å². The lowest BCUT2D eigenvalue weighted by molar-refractivity contribution is 0.662. The summed E-state index contributed by atoms with van der Waals surface area (Å²) >= 11 is 0.820. The molecule has 0 bridgehead atoms. The summed E-state index contributed by atoms with van der Waals surface area (Å²) in [5, 5.41) is 0. The van der Waals surface area contributed by atoms with Gasteiger partial charge in [-0.15, -0.1) is 0 Å². The highest BCUT2D eigenvalue weighted by molar-refractivity contribution is 7.93. The number of benzene rings is 1. The monoisotopic (exact) mass is 154 g/mol. The molecule has 0 fully saturated rings. The molecule has 0 radical (unpaired) electrons. The van der Waals surface area contributed by atoms with Gasteiger partial charge in [0.15, 0.2) is 0 Å². The van der Waals surface area contributed by atoms with Crippen molar-refractivity contribution in [1.29, 1.82) is 0 Å². The molecule has 1 N–H and O–H groups in total. The van der Waals surface area contributed by atoms with E-state index in [1.807, 2.05) is 24.3 Å². The standard InChI is InChI=1S/C8H10OS/c1-2-7-5-3-4-6-8(7)10-9/h3-6,9H,2H2,1H3. The van der Waals surface area contributed by atoms with Gasteiger partial charge in [-0.05, 0) is 18.1 Å². The Balaban J connectivity index is 2.96. The lowest BCUT2D eigenvalue weighted by atomic mass is 10.2. The van der Waals surface area contributed by atoms with Crippen LogP contribution in [0.1, 0.15) is 12.5 Å². The average molecular weight is 154 g/mol. The van der Waals surface area contributed by atoms with Gasteiger partial charge in [0.25, 0.3) is 0 Å². The van der Waals surface area contributed by atoms with Crippen molar-refractivity contribution in [2.45, 2.75) is 18.2 Å². The maximum absolute atomic E-state index is 8.77. The zero-order chi connectivity index (χ0) is 7.40. The number of aryl methyl sites for hydroxylation is 1. The van der Waals surface area contributed by atoms with Crippen LogP contribution in [0.4, 0.5) is 0 Å². The Bertz CT molecular complexity index is 187. The van der Waals surface area contributed by atoms with E-state index in [4.69, 9.17) is 4.55 Å². The van der Waals surface area contributed by atoms with Gasteiger partial charge in [0, 0.05) is 16.9 Å². The Kier molecular flexibility index (Phi) is 2.78. The molecule has 0 aliphatic heterocycles. The summed E-state index contributed by atoms with van der Waals surface area (Å²) in [6.45, 7) is 2.08. The first-order valence-electron chi connectivity index (χ1n) is 3.27. The van der Waals surface area contributed by atoms with E-state index in [1.54, 1.807) is 0 Å². The van der Waals surface area contributed by atoms with Gasteiger partial charge in [-0.25, -0.2) is 0 Å². The molecule has 0 atom stereocenters. The summed E-state index contributed by atoms with van der Waals surface area (Å²) in [6, 6.07) is 7.86. The molecule has 10 heavy (non-hydrogen) atoms. The molecule has 1 aromatic carbocycles. The molecule has 1 rings (SSSR count). The smallest absolute Gasteiger partial charge is 0.0382 e. The predicted molar refractivity (Wildman–Crippen MR) is 44.3 cm³/mol. The first-order chi connectivity index (χ1) is 4.88. The summed E-state index contributed by atoms with van der Waals surface area (Å²) in [7, 11) is 0. The minimum atomic E-state index is 0.820. The Morgan fingerprint density at radius 2 is 2.10 bits per heavy atom. The quantitative estimate of drug-likeness (QED) is 0.661. The van der Waals surface area contributed by atoms with E-state index >= 15 is 0 Å². The number of rotatable bonds is 2.